The van der Waals surface area contributed by atoms with Crippen LogP contribution in [0.25, 0.3) is 0 Å². The minimum Gasteiger partial charge on any atom is -0.332 e. The van der Waals surface area contributed by atoms with Crippen LogP contribution in [0.3, 0.4) is 0 Å². The summed E-state index contributed by atoms with van der Waals surface area (Å²) < 4.78 is 0. The average Bonchev–Trinajstić information content (AvgIpc) is 2.92. The molecule has 0 bridgehead atoms. The van der Waals surface area contributed by atoms with E-state index in [1.807, 2.05) is 72.8 Å². The second-order valence-electron chi connectivity index (χ2n) is 7.69. The molecule has 0 spiro atoms. The molecule has 0 heterocycles. The van der Waals surface area contributed by atoms with Gasteiger partial charge in [-0.15, -0.1) is 0 Å². The Balaban J connectivity index is 1.26. The molecule has 6 nitrogen and oxygen atoms in total. The van der Waals surface area contributed by atoms with Gasteiger partial charge in [0.25, 0.3) is 0 Å². The lowest BCUT2D eigenvalue weighted by atomic mass is 10.2. The molecule has 4 rings (SSSR count). The van der Waals surface area contributed by atoms with Crippen molar-refractivity contribution >= 4 is 69.2 Å². The third kappa shape index (κ3) is 7.79. The van der Waals surface area contributed by atoms with Gasteiger partial charge in [0.05, 0.1) is 23.3 Å². The highest BCUT2D eigenvalue weighted by Crippen LogP contribution is 2.29. The molecule has 0 aliphatic heterocycles. The lowest BCUT2D eigenvalue weighted by Gasteiger charge is -2.12. The maximum Gasteiger partial charge on any atom is 0.175 e. The number of hydrogen-bond donors (Lipinski definition) is 4. The second kappa shape index (κ2) is 12.5. The zero-order chi connectivity index (χ0) is 26.0. The summed E-state index contributed by atoms with van der Waals surface area (Å²) in [4.78, 5) is 2.19. The van der Waals surface area contributed by atoms with Crippen LogP contribution in [0.1, 0.15) is 11.1 Å². The van der Waals surface area contributed by atoms with Gasteiger partial charge in [0.1, 0.15) is 0 Å². The first kappa shape index (κ1) is 25.7. The molecule has 0 saturated carbocycles. The van der Waals surface area contributed by atoms with Crippen LogP contribution < -0.4 is 21.3 Å². The zero-order valence-corrected chi connectivity index (χ0v) is 21.8. The largest absolute Gasteiger partial charge is 0.332 e. The fraction of sp³-hybridized carbons (Fsp3) is 0. The van der Waals surface area contributed by atoms with Crippen molar-refractivity contribution in [2.75, 3.05) is 21.3 Å². The van der Waals surface area contributed by atoms with Crippen molar-refractivity contribution in [1.29, 1.82) is 10.5 Å². The Morgan fingerprint density at radius 1 is 0.486 bits per heavy atom. The molecule has 9 heteroatoms. The number of nitriles is 2. The SMILES string of the molecule is N#Cc1ccc(NC(=S)Nc2ccc(Sc3ccc(NC(=S)Nc4ccc(C#N)cc4)cc3)cc2)cc1. The molecule has 37 heavy (non-hydrogen) atoms. The Morgan fingerprint density at radius 3 is 1.03 bits per heavy atom. The van der Waals surface area contributed by atoms with Crippen molar-refractivity contribution < 1.29 is 0 Å². The smallest absolute Gasteiger partial charge is 0.175 e. The maximum atomic E-state index is 8.90. The van der Waals surface area contributed by atoms with Crippen LogP contribution in [-0.4, -0.2) is 10.2 Å². The maximum absolute atomic E-state index is 8.90. The molecule has 0 aliphatic rings. The predicted octanol–water partition coefficient (Wildman–Crippen LogP) is 7.20. The predicted molar refractivity (Wildman–Crippen MR) is 159 cm³/mol. The molecule has 4 aromatic carbocycles. The van der Waals surface area contributed by atoms with Crippen LogP contribution in [0.2, 0.25) is 0 Å². The Labute approximate surface area is 230 Å². The molecule has 0 fully saturated rings. The van der Waals surface area contributed by atoms with Gasteiger partial charge in [0.2, 0.25) is 0 Å². The number of rotatable bonds is 6. The third-order valence-electron chi connectivity index (χ3n) is 5.00. The summed E-state index contributed by atoms with van der Waals surface area (Å²) in [6.45, 7) is 0. The molecule has 0 aliphatic carbocycles. The van der Waals surface area contributed by atoms with E-state index in [-0.39, 0.29) is 0 Å². The van der Waals surface area contributed by atoms with Crippen LogP contribution in [-0.2, 0) is 0 Å². The van der Waals surface area contributed by atoms with Crippen molar-refractivity contribution in [3.05, 3.63) is 108 Å². The van der Waals surface area contributed by atoms with E-state index in [0.29, 0.717) is 21.4 Å². The first-order chi connectivity index (χ1) is 18.0. The molecule has 0 saturated heterocycles. The van der Waals surface area contributed by atoms with E-state index in [1.54, 1.807) is 36.0 Å². The summed E-state index contributed by atoms with van der Waals surface area (Å²) in [7, 11) is 0. The molecular formula is C28H20N6S3. The molecule has 0 atom stereocenters. The van der Waals surface area contributed by atoms with Gasteiger partial charge < -0.3 is 21.3 Å². The van der Waals surface area contributed by atoms with Gasteiger partial charge in [-0.05, 0) is 121 Å². The average molecular weight is 537 g/mol. The number of anilines is 4. The van der Waals surface area contributed by atoms with Crippen molar-refractivity contribution in [2.24, 2.45) is 0 Å². The number of thiocarbonyl (C=S) groups is 2. The van der Waals surface area contributed by atoms with E-state index >= 15 is 0 Å². The van der Waals surface area contributed by atoms with E-state index in [4.69, 9.17) is 35.0 Å². The Kier molecular flexibility index (Phi) is 8.69. The fourth-order valence-electron chi connectivity index (χ4n) is 3.19. The molecule has 0 radical (unpaired) electrons. The van der Waals surface area contributed by atoms with Crippen molar-refractivity contribution in [2.45, 2.75) is 9.79 Å². The van der Waals surface area contributed by atoms with Gasteiger partial charge in [-0.1, -0.05) is 11.8 Å². The van der Waals surface area contributed by atoms with Crippen molar-refractivity contribution in [1.82, 2.24) is 0 Å². The highest BCUT2D eigenvalue weighted by Gasteiger charge is 2.04. The second-order valence-corrected chi connectivity index (χ2v) is 9.65. The first-order valence-electron chi connectivity index (χ1n) is 11.0. The van der Waals surface area contributed by atoms with Crippen LogP contribution in [0, 0.1) is 22.7 Å². The van der Waals surface area contributed by atoms with E-state index in [9.17, 15) is 0 Å². The summed E-state index contributed by atoms with van der Waals surface area (Å²) in [6, 6.07) is 34.4. The topological polar surface area (TPSA) is 95.7 Å². The number of hydrogen-bond acceptors (Lipinski definition) is 5. The van der Waals surface area contributed by atoms with E-state index in [1.165, 1.54) is 0 Å². The standard InChI is InChI=1S/C28H20N6S3/c29-17-19-1-5-21(6-2-19)31-27(35)33-23-9-13-25(14-10-23)37-26-15-11-24(12-16-26)34-28(36)32-22-7-3-20(18-30)4-8-22/h1-16H,(H2,31,33,35)(H2,32,34,36). The number of nitrogens with zero attached hydrogens (tertiary/aromatic N) is 2. The van der Waals surface area contributed by atoms with Gasteiger partial charge >= 0.3 is 0 Å². The zero-order valence-electron chi connectivity index (χ0n) is 19.4. The van der Waals surface area contributed by atoms with Gasteiger partial charge in [-0.25, -0.2) is 0 Å². The minimum atomic E-state index is 0.472. The van der Waals surface area contributed by atoms with Gasteiger partial charge in [-0.3, -0.25) is 0 Å². The quantitative estimate of drug-likeness (QED) is 0.191. The van der Waals surface area contributed by atoms with E-state index in [0.717, 1.165) is 32.5 Å². The Bertz CT molecular complexity index is 1350. The van der Waals surface area contributed by atoms with Gasteiger partial charge in [0, 0.05) is 32.5 Å². The third-order valence-corrected chi connectivity index (χ3v) is 6.43. The summed E-state index contributed by atoms with van der Waals surface area (Å²) in [5.74, 6) is 0. The monoisotopic (exact) mass is 536 g/mol. The highest BCUT2D eigenvalue weighted by atomic mass is 32.2. The summed E-state index contributed by atoms with van der Waals surface area (Å²) in [6.07, 6.45) is 0. The molecule has 4 N–H and O–H groups in total. The summed E-state index contributed by atoms with van der Waals surface area (Å²) in [5.41, 5.74) is 4.57. The lowest BCUT2D eigenvalue weighted by molar-refractivity contribution is 1.40. The van der Waals surface area contributed by atoms with Crippen LogP contribution in [0.15, 0.2) is 107 Å². The van der Waals surface area contributed by atoms with Crippen molar-refractivity contribution in [3.63, 3.8) is 0 Å². The first-order valence-corrected chi connectivity index (χ1v) is 12.7. The fourth-order valence-corrected chi connectivity index (χ4v) is 4.48. The minimum absolute atomic E-state index is 0.472. The molecule has 4 aromatic rings. The van der Waals surface area contributed by atoms with Crippen molar-refractivity contribution in [3.8, 4) is 12.1 Å². The van der Waals surface area contributed by atoms with Crippen LogP contribution in [0.5, 0.6) is 0 Å². The summed E-state index contributed by atoms with van der Waals surface area (Å²) >= 11 is 12.4. The molecule has 0 aromatic heterocycles. The molecule has 180 valence electrons. The van der Waals surface area contributed by atoms with Gasteiger partial charge in [0.15, 0.2) is 10.2 Å². The van der Waals surface area contributed by atoms with Crippen LogP contribution >= 0.6 is 36.2 Å². The van der Waals surface area contributed by atoms with E-state index in [2.05, 4.69) is 33.4 Å². The number of benzene rings is 4. The van der Waals surface area contributed by atoms with Gasteiger partial charge in [-0.2, -0.15) is 10.5 Å². The Morgan fingerprint density at radius 2 is 0.757 bits per heavy atom. The highest BCUT2D eigenvalue weighted by molar-refractivity contribution is 7.99. The molecule has 0 unspecified atom stereocenters. The molecule has 0 amide bonds. The Hall–Kier alpha value is -4.41. The lowest BCUT2D eigenvalue weighted by Crippen LogP contribution is -2.18. The molecular weight excluding hydrogens is 517 g/mol. The number of nitrogens with one attached hydrogen (secondary N) is 4. The van der Waals surface area contributed by atoms with E-state index < -0.39 is 0 Å². The summed E-state index contributed by atoms with van der Waals surface area (Å²) in [5, 5.41) is 31.3. The van der Waals surface area contributed by atoms with Crippen LogP contribution in [0.4, 0.5) is 22.7 Å². The normalized spacial score (nSPS) is 9.89.